The summed E-state index contributed by atoms with van der Waals surface area (Å²) in [5.74, 6) is 0.226. The third-order valence-corrected chi connectivity index (χ3v) is 3.92. The smallest absolute Gasteiger partial charge is 0.119 e. The molecular formula is C14H19N3O. The van der Waals surface area contributed by atoms with Gasteiger partial charge < -0.3 is 5.11 Å². The van der Waals surface area contributed by atoms with Crippen molar-refractivity contribution in [2.24, 2.45) is 5.11 Å². The maximum atomic E-state index is 10.1. The molecule has 1 aromatic rings. The van der Waals surface area contributed by atoms with E-state index in [4.69, 9.17) is 5.53 Å². The average Bonchev–Trinajstić information content (AvgIpc) is 2.53. The second kappa shape index (κ2) is 3.92. The van der Waals surface area contributed by atoms with Crippen LogP contribution in [0.5, 0.6) is 5.75 Å². The van der Waals surface area contributed by atoms with Crippen LogP contribution >= 0.6 is 0 Å². The molecule has 4 nitrogen and oxygen atoms in total. The van der Waals surface area contributed by atoms with Gasteiger partial charge in [-0.25, -0.2) is 0 Å². The third kappa shape index (κ3) is 1.93. The Morgan fingerprint density at radius 3 is 2.67 bits per heavy atom. The van der Waals surface area contributed by atoms with Gasteiger partial charge in [-0.1, -0.05) is 25.0 Å². The Balaban J connectivity index is 2.62. The van der Waals surface area contributed by atoms with Crippen LogP contribution in [-0.2, 0) is 17.4 Å². The zero-order valence-corrected chi connectivity index (χ0v) is 11.4. The zero-order valence-electron chi connectivity index (χ0n) is 11.4. The van der Waals surface area contributed by atoms with Crippen LogP contribution in [0.4, 0.5) is 0 Å². The average molecular weight is 245 g/mol. The molecule has 1 N–H and O–H groups in total. The standard InChI is InChI=1S/C14H19N3O/c1-13(2)6-5-9-7-12(18)11(8-10(9)13)14(3,4)16-17-15/h7-8,18H,5-6H2,1-4H3. The third-order valence-electron chi connectivity index (χ3n) is 3.92. The van der Waals surface area contributed by atoms with Gasteiger partial charge in [-0.15, -0.1) is 0 Å². The Morgan fingerprint density at radius 1 is 1.39 bits per heavy atom. The highest BCUT2D eigenvalue weighted by atomic mass is 16.3. The molecule has 96 valence electrons. The molecule has 0 saturated heterocycles. The molecule has 0 amide bonds. The number of rotatable bonds is 2. The lowest BCUT2D eigenvalue weighted by Gasteiger charge is -2.24. The largest absolute Gasteiger partial charge is 0.508 e. The Bertz CT molecular complexity index is 540. The van der Waals surface area contributed by atoms with Gasteiger partial charge in [-0.05, 0) is 54.8 Å². The number of hydrogen-bond donors (Lipinski definition) is 1. The summed E-state index contributed by atoms with van der Waals surface area (Å²) < 4.78 is 0. The molecular weight excluding hydrogens is 226 g/mol. The minimum absolute atomic E-state index is 0.129. The van der Waals surface area contributed by atoms with E-state index in [0.717, 1.165) is 12.8 Å². The molecule has 18 heavy (non-hydrogen) atoms. The molecule has 0 spiro atoms. The molecule has 1 aliphatic rings. The summed E-state index contributed by atoms with van der Waals surface area (Å²) >= 11 is 0. The van der Waals surface area contributed by atoms with Crippen LogP contribution in [0.3, 0.4) is 0 Å². The molecule has 1 aliphatic carbocycles. The molecule has 0 saturated carbocycles. The molecule has 0 atom stereocenters. The van der Waals surface area contributed by atoms with Crippen molar-refractivity contribution in [2.75, 3.05) is 0 Å². The van der Waals surface area contributed by atoms with Crippen LogP contribution < -0.4 is 0 Å². The van der Waals surface area contributed by atoms with E-state index < -0.39 is 5.54 Å². The van der Waals surface area contributed by atoms with Crippen LogP contribution in [0.1, 0.15) is 50.8 Å². The highest BCUT2D eigenvalue weighted by Gasteiger charge is 2.33. The van der Waals surface area contributed by atoms with Crippen LogP contribution in [0.15, 0.2) is 17.2 Å². The van der Waals surface area contributed by atoms with Crippen molar-refractivity contribution in [3.63, 3.8) is 0 Å². The predicted octanol–water partition coefficient (Wildman–Crippen LogP) is 4.16. The van der Waals surface area contributed by atoms with Crippen LogP contribution in [0.2, 0.25) is 0 Å². The van der Waals surface area contributed by atoms with Gasteiger partial charge in [-0.3, -0.25) is 0 Å². The van der Waals surface area contributed by atoms with Crippen LogP contribution in [0, 0.1) is 0 Å². The first-order valence-corrected chi connectivity index (χ1v) is 6.21. The second-order valence-electron chi connectivity index (χ2n) is 6.16. The Kier molecular flexibility index (Phi) is 2.78. The zero-order chi connectivity index (χ0) is 13.6. The number of nitrogens with zero attached hydrogens (tertiary/aromatic N) is 3. The Morgan fingerprint density at radius 2 is 2.06 bits per heavy atom. The van der Waals surface area contributed by atoms with Crippen molar-refractivity contribution in [1.82, 2.24) is 0 Å². The molecule has 0 heterocycles. The quantitative estimate of drug-likeness (QED) is 0.474. The van der Waals surface area contributed by atoms with Gasteiger partial charge in [0, 0.05) is 10.5 Å². The van der Waals surface area contributed by atoms with E-state index in [-0.39, 0.29) is 11.2 Å². The van der Waals surface area contributed by atoms with E-state index in [2.05, 4.69) is 23.9 Å². The lowest BCUT2D eigenvalue weighted by molar-refractivity contribution is 0.438. The normalized spacial score (nSPS) is 17.1. The summed E-state index contributed by atoms with van der Waals surface area (Å²) in [5.41, 5.74) is 11.2. The monoisotopic (exact) mass is 245 g/mol. The number of azide groups is 1. The number of fused-ring (bicyclic) bond motifs is 1. The number of phenolic OH excluding ortho intramolecular Hbond substituents is 1. The molecule has 0 unspecified atom stereocenters. The first-order valence-electron chi connectivity index (χ1n) is 6.21. The molecule has 1 aromatic carbocycles. The fourth-order valence-electron chi connectivity index (χ4n) is 2.71. The highest BCUT2D eigenvalue weighted by molar-refractivity contribution is 5.50. The first-order chi connectivity index (χ1) is 8.28. The van der Waals surface area contributed by atoms with Crippen molar-refractivity contribution < 1.29 is 5.11 Å². The Labute approximate surface area is 107 Å². The summed E-state index contributed by atoms with van der Waals surface area (Å²) in [6.07, 6.45) is 2.09. The number of hydrogen-bond acceptors (Lipinski definition) is 2. The van der Waals surface area contributed by atoms with Gasteiger partial charge in [0.15, 0.2) is 0 Å². The maximum absolute atomic E-state index is 10.1. The summed E-state index contributed by atoms with van der Waals surface area (Å²) in [4.78, 5) is 2.87. The lowest BCUT2D eigenvalue weighted by Crippen LogP contribution is -2.17. The fraction of sp³-hybridized carbons (Fsp3) is 0.571. The summed E-state index contributed by atoms with van der Waals surface area (Å²) in [6.45, 7) is 8.05. The predicted molar refractivity (Wildman–Crippen MR) is 71.6 cm³/mol. The van der Waals surface area contributed by atoms with Crippen LogP contribution in [0.25, 0.3) is 10.4 Å². The topological polar surface area (TPSA) is 69.0 Å². The van der Waals surface area contributed by atoms with E-state index in [9.17, 15) is 5.11 Å². The number of aromatic hydroxyl groups is 1. The van der Waals surface area contributed by atoms with Gasteiger partial charge in [0.2, 0.25) is 0 Å². The van der Waals surface area contributed by atoms with E-state index in [1.165, 1.54) is 11.1 Å². The molecule has 0 radical (unpaired) electrons. The van der Waals surface area contributed by atoms with Crippen molar-refractivity contribution in [3.05, 3.63) is 39.3 Å². The van der Waals surface area contributed by atoms with Gasteiger partial charge >= 0.3 is 0 Å². The molecule has 0 fully saturated rings. The second-order valence-corrected chi connectivity index (χ2v) is 6.16. The minimum atomic E-state index is -0.730. The molecule has 0 aromatic heterocycles. The molecule has 0 bridgehead atoms. The van der Waals surface area contributed by atoms with E-state index in [1.807, 2.05) is 26.0 Å². The number of phenols is 1. The van der Waals surface area contributed by atoms with Crippen molar-refractivity contribution in [3.8, 4) is 5.75 Å². The minimum Gasteiger partial charge on any atom is -0.508 e. The van der Waals surface area contributed by atoms with E-state index in [1.54, 1.807) is 0 Å². The van der Waals surface area contributed by atoms with E-state index >= 15 is 0 Å². The molecule has 4 heteroatoms. The number of aryl methyl sites for hydroxylation is 1. The first kappa shape index (κ1) is 12.8. The van der Waals surface area contributed by atoms with Crippen molar-refractivity contribution in [2.45, 2.75) is 51.5 Å². The summed E-state index contributed by atoms with van der Waals surface area (Å²) in [7, 11) is 0. The van der Waals surface area contributed by atoms with Gasteiger partial charge in [0.1, 0.15) is 5.75 Å². The summed E-state index contributed by atoms with van der Waals surface area (Å²) in [5, 5.41) is 13.9. The van der Waals surface area contributed by atoms with E-state index in [0.29, 0.717) is 5.56 Å². The van der Waals surface area contributed by atoms with Gasteiger partial charge in [0.25, 0.3) is 0 Å². The molecule has 2 rings (SSSR count). The van der Waals surface area contributed by atoms with Gasteiger partial charge in [0.05, 0.1) is 5.54 Å². The fourth-order valence-corrected chi connectivity index (χ4v) is 2.71. The van der Waals surface area contributed by atoms with Crippen molar-refractivity contribution >= 4 is 0 Å². The SMILES string of the molecule is CC1(C)CCc2cc(O)c(C(C)(C)N=[N+]=[N-])cc21. The molecule has 0 aliphatic heterocycles. The maximum Gasteiger partial charge on any atom is 0.119 e. The number of benzene rings is 1. The summed E-state index contributed by atoms with van der Waals surface area (Å²) in [6, 6.07) is 3.83. The van der Waals surface area contributed by atoms with Crippen molar-refractivity contribution in [1.29, 1.82) is 0 Å². The Hall–Kier alpha value is -1.67. The van der Waals surface area contributed by atoms with Gasteiger partial charge in [-0.2, -0.15) is 0 Å². The highest BCUT2D eigenvalue weighted by Crippen LogP contribution is 2.43. The van der Waals surface area contributed by atoms with Crippen LogP contribution in [-0.4, -0.2) is 5.11 Å². The lowest BCUT2D eigenvalue weighted by atomic mass is 9.83.